The van der Waals surface area contributed by atoms with Crippen LogP contribution < -0.4 is 4.90 Å². The topological polar surface area (TPSA) is 109 Å². The van der Waals surface area contributed by atoms with Gasteiger partial charge in [0.05, 0.1) is 55.0 Å². The van der Waals surface area contributed by atoms with Gasteiger partial charge in [-0.1, -0.05) is 41.6 Å². The third-order valence-electron chi connectivity index (χ3n) is 8.28. The third-order valence-corrected chi connectivity index (χ3v) is 8.28. The number of ketones is 1. The number of aromatic nitrogens is 6. The first-order valence-corrected chi connectivity index (χ1v) is 16.2. The van der Waals surface area contributed by atoms with E-state index in [0.29, 0.717) is 32.0 Å². The van der Waals surface area contributed by atoms with Crippen LogP contribution in [-0.4, -0.2) is 72.9 Å². The Labute approximate surface area is 277 Å². The first-order chi connectivity index (χ1) is 22.4. The first-order valence-electron chi connectivity index (χ1n) is 16.2. The zero-order valence-electron chi connectivity index (χ0n) is 28.5. The molecule has 4 heterocycles. The minimum atomic E-state index is -0.798. The standard InChI is InChI=1S/C36H47N7O4/c1-9-19-45-24-27-13-11-12-14-29(27)30-23-42(40-38-30)22-28-21-31-37-25(3)32(33(26(4)44)47-35(5,6)7)34(43(31)39-28)41-17-15-36(8,16-18-41)46-20-10-2/h9-14,21,23,33H,1-2,15-20,22,24H2,3-8H3. The van der Waals surface area contributed by atoms with Crippen molar-refractivity contribution in [1.82, 2.24) is 29.6 Å². The Morgan fingerprint density at radius 2 is 1.85 bits per heavy atom. The summed E-state index contributed by atoms with van der Waals surface area (Å²) < 4.78 is 21.9. The number of piperidine rings is 1. The molecule has 1 fully saturated rings. The Hall–Kier alpha value is -4.19. The molecule has 0 bridgehead atoms. The van der Waals surface area contributed by atoms with Gasteiger partial charge >= 0.3 is 0 Å². The molecule has 250 valence electrons. The second kappa shape index (κ2) is 14.3. The average molecular weight is 642 g/mol. The number of hydrogen-bond acceptors (Lipinski definition) is 9. The highest BCUT2D eigenvalue weighted by atomic mass is 16.5. The molecule has 0 aliphatic carbocycles. The van der Waals surface area contributed by atoms with Crippen LogP contribution in [0.4, 0.5) is 5.82 Å². The molecular formula is C36H47N7O4. The van der Waals surface area contributed by atoms with Crippen molar-refractivity contribution in [3.63, 3.8) is 0 Å². The van der Waals surface area contributed by atoms with Crippen LogP contribution in [0.15, 0.2) is 61.8 Å². The smallest absolute Gasteiger partial charge is 0.163 e. The van der Waals surface area contributed by atoms with Crippen molar-refractivity contribution in [2.24, 2.45) is 0 Å². The van der Waals surface area contributed by atoms with Crippen molar-refractivity contribution in [3.05, 3.63) is 84.4 Å². The number of benzene rings is 1. The summed E-state index contributed by atoms with van der Waals surface area (Å²) >= 11 is 0. The van der Waals surface area contributed by atoms with Crippen LogP contribution in [0, 0.1) is 6.92 Å². The van der Waals surface area contributed by atoms with E-state index in [0.717, 1.165) is 65.5 Å². The fourth-order valence-corrected chi connectivity index (χ4v) is 5.96. The van der Waals surface area contributed by atoms with E-state index in [9.17, 15) is 4.79 Å². The largest absolute Gasteiger partial charge is 0.373 e. The summed E-state index contributed by atoms with van der Waals surface area (Å²) in [6, 6.07) is 9.97. The molecule has 1 saturated heterocycles. The molecule has 47 heavy (non-hydrogen) atoms. The number of carbonyl (C=O) groups excluding carboxylic acids is 1. The highest BCUT2D eigenvalue weighted by Crippen LogP contribution is 2.38. The SMILES string of the molecule is C=CCOCc1ccccc1-c1cn(Cc2cc3nc(C)c(C(OC(C)(C)C)C(C)=O)c(N4CCC(C)(OCC=C)CC4)n3n2)nn1. The molecule has 1 unspecified atom stereocenters. The number of Topliss-reactive ketones (excluding diaryl/α,β-unsaturated/α-hetero) is 1. The molecule has 1 atom stereocenters. The number of carbonyl (C=O) groups is 1. The van der Waals surface area contributed by atoms with Gasteiger partial charge < -0.3 is 19.1 Å². The second-order valence-electron chi connectivity index (χ2n) is 13.4. The van der Waals surface area contributed by atoms with E-state index in [-0.39, 0.29) is 11.4 Å². The lowest BCUT2D eigenvalue weighted by atomic mass is 9.92. The lowest BCUT2D eigenvalue weighted by Gasteiger charge is -2.41. The Kier molecular flexibility index (Phi) is 10.4. The number of anilines is 1. The van der Waals surface area contributed by atoms with Crippen molar-refractivity contribution in [2.75, 3.05) is 31.2 Å². The molecule has 0 spiro atoms. The van der Waals surface area contributed by atoms with Crippen LogP contribution in [0.5, 0.6) is 0 Å². The van der Waals surface area contributed by atoms with Gasteiger partial charge in [0.15, 0.2) is 11.4 Å². The van der Waals surface area contributed by atoms with Gasteiger partial charge in [-0.2, -0.15) is 9.61 Å². The lowest BCUT2D eigenvalue weighted by Crippen LogP contribution is -2.45. The number of hydrogen-bond donors (Lipinski definition) is 0. The maximum absolute atomic E-state index is 13.2. The molecule has 5 rings (SSSR count). The molecule has 0 radical (unpaired) electrons. The quantitative estimate of drug-likeness (QED) is 0.120. The summed E-state index contributed by atoms with van der Waals surface area (Å²) in [5.41, 5.74) is 4.86. The van der Waals surface area contributed by atoms with Crippen molar-refractivity contribution >= 4 is 17.2 Å². The molecule has 4 aromatic rings. The predicted molar refractivity (Wildman–Crippen MR) is 182 cm³/mol. The van der Waals surface area contributed by atoms with Crippen LogP contribution in [0.2, 0.25) is 0 Å². The van der Waals surface area contributed by atoms with Crippen LogP contribution in [0.3, 0.4) is 0 Å². The minimum absolute atomic E-state index is 0.0840. The van der Waals surface area contributed by atoms with Gasteiger partial charge in [0.1, 0.15) is 17.6 Å². The van der Waals surface area contributed by atoms with Crippen LogP contribution >= 0.6 is 0 Å². The van der Waals surface area contributed by atoms with Gasteiger partial charge in [-0.3, -0.25) is 4.79 Å². The fourth-order valence-electron chi connectivity index (χ4n) is 5.96. The number of nitrogens with zero attached hydrogens (tertiary/aromatic N) is 7. The van der Waals surface area contributed by atoms with Gasteiger partial charge in [0.25, 0.3) is 0 Å². The summed E-state index contributed by atoms with van der Waals surface area (Å²) in [6.07, 6.45) is 6.26. The summed E-state index contributed by atoms with van der Waals surface area (Å²) in [7, 11) is 0. The van der Waals surface area contributed by atoms with Gasteiger partial charge in [0.2, 0.25) is 0 Å². The van der Waals surface area contributed by atoms with E-state index in [2.05, 4.69) is 35.3 Å². The molecule has 1 aliphatic heterocycles. The van der Waals surface area contributed by atoms with Crippen molar-refractivity contribution in [2.45, 2.75) is 84.8 Å². The van der Waals surface area contributed by atoms with Crippen LogP contribution in [0.25, 0.3) is 16.9 Å². The average Bonchev–Trinajstić information content (AvgIpc) is 3.65. The maximum atomic E-state index is 13.2. The van der Waals surface area contributed by atoms with E-state index >= 15 is 0 Å². The number of fused-ring (bicyclic) bond motifs is 1. The molecular weight excluding hydrogens is 594 g/mol. The Bertz CT molecular complexity index is 1730. The Balaban J connectivity index is 1.51. The number of aryl methyl sites for hydroxylation is 1. The zero-order valence-corrected chi connectivity index (χ0v) is 28.5. The van der Waals surface area contributed by atoms with Gasteiger partial charge in [-0.25, -0.2) is 9.67 Å². The Morgan fingerprint density at radius 1 is 1.13 bits per heavy atom. The molecule has 0 N–H and O–H groups in total. The molecule has 1 aliphatic rings. The molecule has 0 amide bonds. The van der Waals surface area contributed by atoms with E-state index in [1.807, 2.05) is 68.7 Å². The second-order valence-corrected chi connectivity index (χ2v) is 13.4. The fraction of sp³-hybridized carbons (Fsp3) is 0.472. The third kappa shape index (κ3) is 8.04. The Morgan fingerprint density at radius 3 is 2.53 bits per heavy atom. The molecule has 0 saturated carbocycles. The normalized spacial score (nSPS) is 15.6. The zero-order chi connectivity index (χ0) is 33.8. The summed E-state index contributed by atoms with van der Waals surface area (Å²) in [4.78, 5) is 20.4. The summed E-state index contributed by atoms with van der Waals surface area (Å²) in [6.45, 7) is 22.3. The van der Waals surface area contributed by atoms with Crippen molar-refractivity contribution < 1.29 is 19.0 Å². The monoisotopic (exact) mass is 641 g/mol. The van der Waals surface area contributed by atoms with Crippen LogP contribution in [-0.2, 0) is 32.2 Å². The van der Waals surface area contributed by atoms with Crippen LogP contribution in [0.1, 0.15) is 76.1 Å². The summed E-state index contributed by atoms with van der Waals surface area (Å²) in [5, 5.41) is 13.9. The predicted octanol–water partition coefficient (Wildman–Crippen LogP) is 6.05. The van der Waals surface area contributed by atoms with E-state index in [1.54, 1.807) is 23.8 Å². The van der Waals surface area contributed by atoms with E-state index in [4.69, 9.17) is 24.3 Å². The molecule has 11 nitrogen and oxygen atoms in total. The highest BCUT2D eigenvalue weighted by molar-refractivity contribution is 5.84. The minimum Gasteiger partial charge on any atom is -0.373 e. The number of ether oxygens (including phenoxy) is 3. The summed E-state index contributed by atoms with van der Waals surface area (Å²) in [5.74, 6) is 0.737. The van der Waals surface area contributed by atoms with Crippen molar-refractivity contribution in [1.29, 1.82) is 0 Å². The number of rotatable bonds is 14. The van der Waals surface area contributed by atoms with E-state index in [1.165, 1.54) is 0 Å². The van der Waals surface area contributed by atoms with Gasteiger partial charge in [-0.15, -0.1) is 18.3 Å². The maximum Gasteiger partial charge on any atom is 0.163 e. The molecule has 1 aromatic carbocycles. The molecule has 11 heteroatoms. The highest BCUT2D eigenvalue weighted by Gasteiger charge is 2.36. The van der Waals surface area contributed by atoms with Gasteiger partial charge in [0, 0.05) is 30.4 Å². The van der Waals surface area contributed by atoms with E-state index < -0.39 is 11.7 Å². The van der Waals surface area contributed by atoms with Gasteiger partial charge in [-0.05, 0) is 59.9 Å². The first kappa shape index (κ1) is 34.2. The van der Waals surface area contributed by atoms with Crippen molar-refractivity contribution in [3.8, 4) is 11.3 Å². The molecule has 3 aromatic heterocycles. The lowest BCUT2D eigenvalue weighted by molar-refractivity contribution is -0.138.